The van der Waals surface area contributed by atoms with Gasteiger partial charge in [-0.15, -0.1) is 0 Å². The fourth-order valence-corrected chi connectivity index (χ4v) is 23.7. The molecule has 0 saturated heterocycles. The fraction of sp³-hybridized carbons (Fsp3) is 0.202. The van der Waals surface area contributed by atoms with Gasteiger partial charge in [-0.2, -0.15) is 5.26 Å². The molecule has 21 heteroatoms. The molecule has 3 aliphatic carbocycles. The first-order valence-electron chi connectivity index (χ1n) is 40.8. The first kappa shape index (κ1) is 94.4. The average molecular weight is 1730 g/mol. The van der Waals surface area contributed by atoms with Crippen LogP contribution in [0.25, 0.3) is 4.85 Å². The van der Waals surface area contributed by atoms with Crippen LogP contribution >= 0.6 is 21.4 Å². The summed E-state index contributed by atoms with van der Waals surface area (Å²) in [4.78, 5) is 99.0. The van der Waals surface area contributed by atoms with Crippen LogP contribution in [-0.2, 0) is 51.9 Å². The SMILES string of the molecule is COC(=O)CP(=O)(OC)OC.COC(=O)C[C@@H]1[C@@H](C(=O)c2ccccc2)[C@@H]1c1ccccc1.CON(C)C(=O)C=P(c1ccccc1)(c1ccccc1)c1ccccc1.CON(C)C(=O)C[C@@H]1[C@@H](C(=O)c2ccccc2)[C@@H]1c1ccccc1.N#CC=P(c1ccccc1)(c1ccccc1)c1ccccc1.[C-]#[N+]C[C@@H]1[C@@H](C(=O)c2ccccc2)[C@@H]1c1ccccc1. The summed E-state index contributed by atoms with van der Waals surface area (Å²) in [6, 6.07) is 122. The van der Waals surface area contributed by atoms with Gasteiger partial charge in [0.2, 0.25) is 12.5 Å². The Morgan fingerprint density at radius 3 is 0.904 bits per heavy atom. The summed E-state index contributed by atoms with van der Waals surface area (Å²) in [5.41, 5.74) is 5.58. The molecule has 0 radical (unpaired) electrons. The molecule has 0 aromatic heterocycles. The van der Waals surface area contributed by atoms with Gasteiger partial charge >= 0.3 is 19.5 Å². The van der Waals surface area contributed by atoms with Gasteiger partial charge in [0.05, 0.1) is 34.5 Å². The Morgan fingerprint density at radius 1 is 0.368 bits per heavy atom. The maximum atomic E-state index is 12.9. The molecule has 0 heterocycles. The van der Waals surface area contributed by atoms with Crippen molar-refractivity contribution in [2.24, 2.45) is 35.5 Å². The van der Waals surface area contributed by atoms with Crippen LogP contribution in [0.1, 0.15) is 78.4 Å². The van der Waals surface area contributed by atoms with Crippen LogP contribution in [0.2, 0.25) is 0 Å². The third-order valence-corrected chi connectivity index (χ3v) is 31.9. The number of hydrogen-bond acceptors (Lipinski definition) is 15. The van der Waals surface area contributed by atoms with Crippen LogP contribution in [0.3, 0.4) is 0 Å². The van der Waals surface area contributed by atoms with Crippen molar-refractivity contribution in [1.82, 2.24) is 10.1 Å². The standard InChI is InChI=1S/C22H22NO2P.C20H21NO3.C20H16NP.C19H18O3.C18H15NO.C5H11O5P/c1-23(25-2)22(24)18-26(19-12-6-3-7-13-19,20-14-8-4-9-15-20)21-16-10-5-11-17-21;1-21(24-2)17(22)13-16-18(14-9-5-3-6-10-14)19(16)20(23)15-11-7-4-8-12-15;21-16-17-22(18-10-4-1-5-11-18,19-12-6-2-7-13-19)20-14-8-3-9-15-20;1-22-16(20)12-15-17(13-8-4-2-5-9-13)18(15)19(21)14-10-6-3-7-11-14;1-19-12-15-16(13-8-4-2-5-9-13)17(15)18(20)14-10-6-3-7-11-14;1-8-5(6)4-11(7,9-2)10-3/h3-18H,1-2H3;3-12,16,18-19H,13H2,1-2H3;1-15,17H;2-11,15,17-18H,12H2,1H3;2-11,15-17H,12H2;4H2,1-3H3/t;16-,18+,19+;;15-,17+,18+;15-,16+,17+;/m.0.00./s1. The van der Waals surface area contributed by atoms with Gasteiger partial charge in [-0.05, 0) is 86.0 Å². The molecule has 0 spiro atoms. The van der Waals surface area contributed by atoms with E-state index in [-0.39, 0.29) is 94.6 Å². The molecule has 12 aromatic rings. The number of carbonyl (C=O) groups is 7. The molecule has 15 rings (SSSR count). The highest BCUT2D eigenvalue weighted by Gasteiger charge is 2.58. The first-order valence-corrected chi connectivity index (χ1v) is 46.2. The lowest BCUT2D eigenvalue weighted by molar-refractivity contribution is -0.169. The van der Waals surface area contributed by atoms with Crippen molar-refractivity contribution >= 4 is 106 Å². The largest absolute Gasteiger partial charge is 0.469 e. The summed E-state index contributed by atoms with van der Waals surface area (Å²) in [6.07, 6.45) is 0.253. The van der Waals surface area contributed by atoms with Crippen LogP contribution in [0.4, 0.5) is 0 Å². The highest BCUT2D eigenvalue weighted by molar-refractivity contribution is 7.95. The number of carbonyl (C=O) groups excluding carboxylic acids is 7. The number of nitrogens with zero attached hydrogens (tertiary/aromatic N) is 4. The van der Waals surface area contributed by atoms with Gasteiger partial charge in [0.1, 0.15) is 6.16 Å². The van der Waals surface area contributed by atoms with Crippen molar-refractivity contribution in [3.63, 3.8) is 0 Å². The molecule has 0 N–H and O–H groups in total. The highest BCUT2D eigenvalue weighted by atomic mass is 31.2. The number of ether oxygens (including phenoxy) is 2. The van der Waals surface area contributed by atoms with Crippen molar-refractivity contribution in [3.8, 4) is 6.07 Å². The van der Waals surface area contributed by atoms with E-state index in [9.17, 15) is 43.4 Å². The van der Waals surface area contributed by atoms with E-state index in [0.717, 1.165) is 32.6 Å². The molecule has 9 atom stereocenters. The molecule has 0 aliphatic heterocycles. The molecule has 0 unspecified atom stereocenters. The van der Waals surface area contributed by atoms with Gasteiger partial charge in [0.15, 0.2) is 17.3 Å². The fourth-order valence-electron chi connectivity index (χ4n) is 15.7. The monoisotopic (exact) mass is 1720 g/mol. The second kappa shape index (κ2) is 47.2. The summed E-state index contributed by atoms with van der Waals surface area (Å²) in [5, 5.41) is 19.0. The van der Waals surface area contributed by atoms with Crippen LogP contribution in [-0.4, -0.2) is 132 Å². The predicted octanol–water partition coefficient (Wildman–Crippen LogP) is 17.3. The Balaban J connectivity index is 0.000000159. The van der Waals surface area contributed by atoms with E-state index in [4.69, 9.17) is 21.0 Å². The molecule has 18 nitrogen and oxygen atoms in total. The lowest BCUT2D eigenvalue weighted by atomic mass is 10.0. The van der Waals surface area contributed by atoms with Crippen LogP contribution in [0.15, 0.2) is 364 Å². The Hall–Kier alpha value is -12.8. The second-order valence-corrected chi connectivity index (χ2v) is 38.3. The minimum atomic E-state index is -3.23. The van der Waals surface area contributed by atoms with Gasteiger partial charge in [-0.1, -0.05) is 364 Å². The minimum absolute atomic E-state index is 0.0187. The zero-order chi connectivity index (χ0) is 89.1. The zero-order valence-electron chi connectivity index (χ0n) is 71.2. The van der Waals surface area contributed by atoms with E-state index in [1.165, 1.54) is 74.3 Å². The molecule has 12 aromatic carbocycles. The summed E-state index contributed by atoms with van der Waals surface area (Å²) >= 11 is 0. The summed E-state index contributed by atoms with van der Waals surface area (Å²) in [6.45, 7) is 3.20. The number of methoxy groups -OCH3 is 2. The summed E-state index contributed by atoms with van der Waals surface area (Å²) in [5.74, 6) is 3.26. The Morgan fingerprint density at radius 2 is 0.632 bits per heavy atom. The molecular formula is C104H103N4O14P3. The molecule has 125 heavy (non-hydrogen) atoms. The molecule has 3 fully saturated rings. The number of hydroxylamine groups is 4. The van der Waals surface area contributed by atoms with Crippen LogP contribution < -0.4 is 31.8 Å². The van der Waals surface area contributed by atoms with Gasteiger partial charge in [-0.25, -0.2) is 16.7 Å². The maximum absolute atomic E-state index is 12.9. The molecule has 2 amide bonds. The number of benzene rings is 12. The topological polar surface area (TPSA) is 227 Å². The average Bonchev–Trinajstić information content (AvgIpc) is 1.62. The summed E-state index contributed by atoms with van der Waals surface area (Å²) < 4.78 is 29.2. The summed E-state index contributed by atoms with van der Waals surface area (Å²) in [7, 11) is 7.98. The van der Waals surface area contributed by atoms with E-state index >= 15 is 0 Å². The van der Waals surface area contributed by atoms with E-state index < -0.39 is 27.3 Å². The predicted molar refractivity (Wildman–Crippen MR) is 500 cm³/mol. The van der Waals surface area contributed by atoms with E-state index in [1.54, 1.807) is 14.1 Å². The van der Waals surface area contributed by atoms with Crippen molar-refractivity contribution in [2.75, 3.05) is 69.5 Å². The highest BCUT2D eigenvalue weighted by Crippen LogP contribution is 2.59. The molecule has 638 valence electrons. The molecule has 3 saturated carbocycles. The lowest BCUT2D eigenvalue weighted by Gasteiger charge is -2.29. The second-order valence-electron chi connectivity index (χ2n) is 29.5. The molecule has 3 aliphatic rings. The van der Waals surface area contributed by atoms with Crippen molar-refractivity contribution in [2.45, 2.75) is 30.6 Å². The van der Waals surface area contributed by atoms with Crippen LogP contribution in [0.5, 0.6) is 0 Å². The van der Waals surface area contributed by atoms with Gasteiger partial charge < -0.3 is 23.4 Å². The van der Waals surface area contributed by atoms with E-state index in [0.29, 0.717) is 30.5 Å². The Bertz CT molecular complexity index is 5520. The third-order valence-electron chi connectivity index (χ3n) is 22.3. The normalized spacial score (nSPS) is 17.2. The van der Waals surface area contributed by atoms with Crippen molar-refractivity contribution in [3.05, 3.63) is 409 Å². The number of nitriles is 1. The van der Waals surface area contributed by atoms with Crippen molar-refractivity contribution < 1.29 is 66.3 Å². The Labute approximate surface area is 733 Å². The third kappa shape index (κ3) is 24.6. The minimum Gasteiger partial charge on any atom is -0.469 e. The van der Waals surface area contributed by atoms with Crippen molar-refractivity contribution in [1.29, 1.82) is 5.26 Å². The number of ketones is 3. The van der Waals surface area contributed by atoms with E-state index in [1.807, 2.05) is 291 Å². The number of hydrogen-bond donors (Lipinski definition) is 0. The number of amides is 2. The maximum Gasteiger partial charge on any atom is 0.341 e. The number of esters is 2. The quantitative estimate of drug-likeness (QED) is 0.0153. The van der Waals surface area contributed by atoms with E-state index in [2.05, 4.69) is 110 Å². The lowest BCUT2D eigenvalue weighted by Crippen LogP contribution is -2.33. The van der Waals surface area contributed by atoms with Gasteiger partial charge in [0, 0.05) is 99.0 Å². The first-order chi connectivity index (χ1) is 60.8. The van der Waals surface area contributed by atoms with Gasteiger partial charge in [-0.3, -0.25) is 47.8 Å². The molecular weight excluding hydrogens is 1620 g/mol. The smallest absolute Gasteiger partial charge is 0.341 e. The Kier molecular flexibility index (Phi) is 35.6. The number of Topliss-reactive ketones (excluding diaryl/α,β-unsaturated/α-hetero) is 3. The molecule has 0 bridgehead atoms. The number of rotatable bonds is 27. The van der Waals surface area contributed by atoms with Gasteiger partial charge in [0.25, 0.3) is 5.91 Å². The van der Waals surface area contributed by atoms with Crippen LogP contribution in [0, 0.1) is 53.4 Å². The zero-order valence-corrected chi connectivity index (χ0v) is 73.8.